The van der Waals surface area contributed by atoms with Crippen LogP contribution in [0.4, 0.5) is 10.1 Å². The largest absolute Gasteiger partial charge is 0.478 e. The molecular formula is C11H9BrFNO3S. The minimum absolute atomic E-state index is 0.123. The molecule has 18 heavy (non-hydrogen) atoms. The molecule has 0 spiro atoms. The summed E-state index contributed by atoms with van der Waals surface area (Å²) in [6, 6.07) is 2.21. The van der Waals surface area contributed by atoms with E-state index < -0.39 is 11.8 Å². The molecule has 1 aliphatic heterocycles. The molecule has 0 aliphatic carbocycles. The molecule has 0 bridgehead atoms. The van der Waals surface area contributed by atoms with E-state index in [0.29, 0.717) is 6.54 Å². The summed E-state index contributed by atoms with van der Waals surface area (Å²) in [6.07, 6.45) is 0.247. The first-order chi connectivity index (χ1) is 8.40. The summed E-state index contributed by atoms with van der Waals surface area (Å²) in [5.74, 6) is -2.16. The lowest BCUT2D eigenvalue weighted by atomic mass is 10.1. The average Bonchev–Trinajstić information content (AvgIpc) is 2.61. The Bertz CT molecular complexity index is 537. The lowest BCUT2D eigenvalue weighted by molar-refractivity contribution is -0.117. The number of rotatable bonds is 2. The van der Waals surface area contributed by atoms with Crippen molar-refractivity contribution in [1.82, 2.24) is 0 Å². The molecule has 1 aliphatic rings. The monoisotopic (exact) mass is 333 g/mol. The zero-order chi connectivity index (χ0) is 13.4. The van der Waals surface area contributed by atoms with Gasteiger partial charge in [-0.25, -0.2) is 9.18 Å². The number of thiol groups is 1. The van der Waals surface area contributed by atoms with Gasteiger partial charge in [0.1, 0.15) is 5.82 Å². The Labute approximate surface area is 116 Å². The SMILES string of the molecule is O=C(O)c1cc(F)c(Br)cc1N1CC(S)CC1=O. The predicted molar refractivity (Wildman–Crippen MR) is 70.8 cm³/mol. The summed E-state index contributed by atoms with van der Waals surface area (Å²) in [7, 11) is 0. The molecule has 0 radical (unpaired) electrons. The Morgan fingerprint density at radius 1 is 1.56 bits per heavy atom. The van der Waals surface area contributed by atoms with Gasteiger partial charge < -0.3 is 10.0 Å². The van der Waals surface area contributed by atoms with Crippen molar-refractivity contribution < 1.29 is 19.1 Å². The van der Waals surface area contributed by atoms with Crippen LogP contribution in [-0.4, -0.2) is 28.8 Å². The van der Waals surface area contributed by atoms with E-state index in [2.05, 4.69) is 28.6 Å². The van der Waals surface area contributed by atoms with Gasteiger partial charge in [-0.05, 0) is 28.1 Å². The number of hydrogen-bond acceptors (Lipinski definition) is 3. The van der Waals surface area contributed by atoms with Crippen LogP contribution in [0, 0.1) is 5.82 Å². The van der Waals surface area contributed by atoms with Gasteiger partial charge in [0.15, 0.2) is 0 Å². The third kappa shape index (κ3) is 2.37. The quantitative estimate of drug-likeness (QED) is 0.816. The number of benzene rings is 1. The molecule has 1 aromatic rings. The minimum Gasteiger partial charge on any atom is -0.478 e. The van der Waals surface area contributed by atoms with E-state index in [0.717, 1.165) is 6.07 Å². The molecule has 1 fully saturated rings. The van der Waals surface area contributed by atoms with Gasteiger partial charge in [0.25, 0.3) is 0 Å². The molecular weight excluding hydrogens is 325 g/mol. The van der Waals surface area contributed by atoms with Crippen molar-refractivity contribution in [3.8, 4) is 0 Å². The van der Waals surface area contributed by atoms with E-state index in [-0.39, 0.29) is 33.3 Å². The maximum absolute atomic E-state index is 13.4. The number of carboxylic acid groups (broad SMARTS) is 1. The lowest BCUT2D eigenvalue weighted by Gasteiger charge is -2.19. The first kappa shape index (κ1) is 13.4. The van der Waals surface area contributed by atoms with Crippen LogP contribution in [0.25, 0.3) is 0 Å². The molecule has 4 nitrogen and oxygen atoms in total. The van der Waals surface area contributed by atoms with Gasteiger partial charge >= 0.3 is 5.97 Å². The summed E-state index contributed by atoms with van der Waals surface area (Å²) in [5, 5.41) is 8.92. The fourth-order valence-corrected chi connectivity index (χ4v) is 2.50. The molecule has 2 rings (SSSR count). The maximum Gasteiger partial charge on any atom is 0.337 e. The molecule has 1 amide bonds. The predicted octanol–water partition coefficient (Wildman–Crippen LogP) is 2.32. The van der Waals surface area contributed by atoms with Crippen molar-refractivity contribution in [3.63, 3.8) is 0 Å². The third-order valence-corrected chi connectivity index (χ3v) is 3.62. The van der Waals surface area contributed by atoms with E-state index in [9.17, 15) is 14.0 Å². The molecule has 1 aromatic carbocycles. The Hall–Kier alpha value is -1.08. The Kier molecular flexibility index (Phi) is 3.63. The molecule has 96 valence electrons. The van der Waals surface area contributed by atoms with Gasteiger partial charge in [0.2, 0.25) is 5.91 Å². The van der Waals surface area contributed by atoms with Gasteiger partial charge in [-0.3, -0.25) is 4.79 Å². The van der Waals surface area contributed by atoms with Crippen molar-refractivity contribution >= 4 is 46.1 Å². The number of carboxylic acids is 1. The Morgan fingerprint density at radius 3 is 2.72 bits per heavy atom. The first-order valence-corrected chi connectivity index (χ1v) is 6.42. The van der Waals surface area contributed by atoms with Crippen LogP contribution in [0.2, 0.25) is 0 Å². The fraction of sp³-hybridized carbons (Fsp3) is 0.273. The summed E-state index contributed by atoms with van der Waals surface area (Å²) in [4.78, 5) is 24.1. The van der Waals surface area contributed by atoms with Crippen LogP contribution < -0.4 is 4.90 Å². The number of halogens is 2. The zero-order valence-corrected chi connectivity index (χ0v) is 11.5. The molecule has 1 atom stereocenters. The molecule has 1 N–H and O–H groups in total. The van der Waals surface area contributed by atoms with Crippen LogP contribution in [0.5, 0.6) is 0 Å². The number of aromatic carboxylic acids is 1. The van der Waals surface area contributed by atoms with Crippen LogP contribution in [0.3, 0.4) is 0 Å². The lowest BCUT2D eigenvalue weighted by Crippen LogP contribution is -2.26. The van der Waals surface area contributed by atoms with Crippen molar-refractivity contribution in [2.24, 2.45) is 0 Å². The smallest absolute Gasteiger partial charge is 0.337 e. The van der Waals surface area contributed by atoms with Gasteiger partial charge in [0, 0.05) is 18.2 Å². The molecule has 7 heteroatoms. The Balaban J connectivity index is 2.52. The van der Waals surface area contributed by atoms with E-state index in [1.807, 2.05) is 0 Å². The average molecular weight is 334 g/mol. The van der Waals surface area contributed by atoms with E-state index in [1.54, 1.807) is 0 Å². The minimum atomic E-state index is -1.27. The van der Waals surface area contributed by atoms with Crippen LogP contribution in [-0.2, 0) is 4.79 Å². The fourth-order valence-electron chi connectivity index (χ4n) is 1.85. The highest BCUT2D eigenvalue weighted by Crippen LogP contribution is 2.31. The number of carbonyl (C=O) groups excluding carboxylic acids is 1. The van der Waals surface area contributed by atoms with E-state index in [1.165, 1.54) is 11.0 Å². The van der Waals surface area contributed by atoms with Crippen LogP contribution in [0.1, 0.15) is 16.8 Å². The van der Waals surface area contributed by atoms with Crippen LogP contribution in [0.15, 0.2) is 16.6 Å². The third-order valence-electron chi connectivity index (χ3n) is 2.66. The van der Waals surface area contributed by atoms with Crippen molar-refractivity contribution in [1.29, 1.82) is 0 Å². The second-order valence-electron chi connectivity index (χ2n) is 3.95. The summed E-state index contributed by atoms with van der Waals surface area (Å²) in [5.41, 5.74) is -0.0381. The summed E-state index contributed by atoms with van der Waals surface area (Å²) < 4.78 is 13.5. The molecule has 1 saturated heterocycles. The summed E-state index contributed by atoms with van der Waals surface area (Å²) in [6.45, 7) is 0.320. The van der Waals surface area contributed by atoms with Gasteiger partial charge in [-0.2, -0.15) is 12.6 Å². The molecule has 0 aromatic heterocycles. The molecule has 1 unspecified atom stereocenters. The highest BCUT2D eigenvalue weighted by molar-refractivity contribution is 9.10. The zero-order valence-electron chi connectivity index (χ0n) is 9.06. The summed E-state index contributed by atoms with van der Waals surface area (Å²) >= 11 is 7.18. The highest BCUT2D eigenvalue weighted by atomic mass is 79.9. The maximum atomic E-state index is 13.4. The standard InChI is InChI=1S/C11H9BrFNO3S/c12-7-3-9(6(11(16)17)2-8(7)13)14-4-5(18)1-10(14)15/h2-3,5,18H,1,4H2,(H,16,17). The number of anilines is 1. The highest BCUT2D eigenvalue weighted by Gasteiger charge is 2.31. The van der Waals surface area contributed by atoms with Gasteiger partial charge in [-0.1, -0.05) is 0 Å². The van der Waals surface area contributed by atoms with Gasteiger partial charge in [0.05, 0.1) is 15.7 Å². The number of carbonyl (C=O) groups is 2. The van der Waals surface area contributed by atoms with Crippen molar-refractivity contribution in [2.45, 2.75) is 11.7 Å². The van der Waals surface area contributed by atoms with Crippen LogP contribution >= 0.6 is 28.6 Å². The topological polar surface area (TPSA) is 57.6 Å². The number of nitrogens with zero attached hydrogens (tertiary/aromatic N) is 1. The van der Waals surface area contributed by atoms with E-state index >= 15 is 0 Å². The Morgan fingerprint density at radius 2 is 2.22 bits per heavy atom. The van der Waals surface area contributed by atoms with Gasteiger partial charge in [-0.15, -0.1) is 0 Å². The molecule has 1 heterocycles. The van der Waals surface area contributed by atoms with Crippen molar-refractivity contribution in [3.05, 3.63) is 28.0 Å². The van der Waals surface area contributed by atoms with E-state index in [4.69, 9.17) is 5.11 Å². The second-order valence-corrected chi connectivity index (χ2v) is 5.54. The second kappa shape index (κ2) is 4.89. The first-order valence-electron chi connectivity index (χ1n) is 5.11. The normalized spacial score (nSPS) is 19.4. The van der Waals surface area contributed by atoms with Crippen molar-refractivity contribution in [2.75, 3.05) is 11.4 Å². The number of hydrogen-bond donors (Lipinski definition) is 2. The number of amides is 1. The molecule has 0 saturated carbocycles.